The lowest BCUT2D eigenvalue weighted by atomic mass is 9.94. The van der Waals surface area contributed by atoms with Gasteiger partial charge in [0.15, 0.2) is 0 Å². The smallest absolute Gasteiger partial charge is 0.0810 e. The van der Waals surface area contributed by atoms with Crippen LogP contribution in [0.5, 0.6) is 0 Å². The van der Waals surface area contributed by atoms with Crippen molar-refractivity contribution < 1.29 is 4.74 Å². The fourth-order valence-electron chi connectivity index (χ4n) is 2.94. The number of likely N-dealkylation sites (N-methyl/N-ethyl adjacent to an activating group) is 1. The summed E-state index contributed by atoms with van der Waals surface area (Å²) in [6.07, 6.45) is 7.66. The second kappa shape index (κ2) is 8.16. The molecule has 0 bridgehead atoms. The minimum Gasteiger partial charge on any atom is -0.369 e. The van der Waals surface area contributed by atoms with Crippen LogP contribution in [0.3, 0.4) is 0 Å². The predicted octanol–water partition coefficient (Wildman–Crippen LogP) is 4.67. The van der Waals surface area contributed by atoms with E-state index in [4.69, 9.17) is 4.74 Å². The summed E-state index contributed by atoms with van der Waals surface area (Å²) in [6.45, 7) is 4.86. The molecule has 1 N–H and O–H groups in total. The topological polar surface area (TPSA) is 21.3 Å². The van der Waals surface area contributed by atoms with Gasteiger partial charge in [0.05, 0.1) is 12.2 Å². The third-order valence-corrected chi connectivity index (χ3v) is 4.98. The van der Waals surface area contributed by atoms with E-state index in [0.29, 0.717) is 6.61 Å². The van der Waals surface area contributed by atoms with Gasteiger partial charge in [0.2, 0.25) is 0 Å². The van der Waals surface area contributed by atoms with Crippen LogP contribution in [0.4, 0.5) is 0 Å². The van der Waals surface area contributed by atoms with Gasteiger partial charge in [-0.15, -0.1) is 0 Å². The van der Waals surface area contributed by atoms with Crippen molar-refractivity contribution >= 4 is 15.9 Å². The van der Waals surface area contributed by atoms with Crippen molar-refractivity contribution in [3.05, 3.63) is 34.3 Å². The molecule has 0 aromatic heterocycles. The molecule has 0 aliphatic heterocycles. The van der Waals surface area contributed by atoms with E-state index in [-0.39, 0.29) is 5.60 Å². The van der Waals surface area contributed by atoms with Gasteiger partial charge in [-0.3, -0.25) is 0 Å². The van der Waals surface area contributed by atoms with E-state index in [9.17, 15) is 0 Å². The number of nitrogens with one attached hydrogen (secondary N) is 1. The summed E-state index contributed by atoms with van der Waals surface area (Å²) in [7, 11) is 0. The molecule has 0 amide bonds. The fraction of sp³-hybridized carbons (Fsp3) is 0.647. The van der Waals surface area contributed by atoms with Gasteiger partial charge < -0.3 is 10.1 Å². The third kappa shape index (κ3) is 4.57. The van der Waals surface area contributed by atoms with Crippen LogP contribution in [-0.2, 0) is 11.3 Å². The highest BCUT2D eigenvalue weighted by molar-refractivity contribution is 9.10. The van der Waals surface area contributed by atoms with Crippen molar-refractivity contribution in [3.63, 3.8) is 0 Å². The predicted molar refractivity (Wildman–Crippen MR) is 87.9 cm³/mol. The Morgan fingerprint density at radius 3 is 2.50 bits per heavy atom. The Hall–Kier alpha value is -0.380. The van der Waals surface area contributed by atoms with Crippen molar-refractivity contribution in [1.82, 2.24) is 5.32 Å². The minimum atomic E-state index is 0.0296. The highest BCUT2D eigenvalue weighted by Crippen LogP contribution is 2.31. The molecule has 2 nitrogen and oxygen atoms in total. The summed E-state index contributed by atoms with van der Waals surface area (Å²) in [5.74, 6) is 0. The summed E-state index contributed by atoms with van der Waals surface area (Å²) in [5, 5.41) is 3.50. The molecule has 20 heavy (non-hydrogen) atoms. The molecular formula is C17H26BrNO. The van der Waals surface area contributed by atoms with Crippen LogP contribution >= 0.6 is 15.9 Å². The van der Waals surface area contributed by atoms with Crippen molar-refractivity contribution in [3.8, 4) is 0 Å². The molecule has 0 atom stereocenters. The van der Waals surface area contributed by atoms with Crippen LogP contribution < -0.4 is 5.32 Å². The molecule has 1 aliphatic rings. The molecule has 3 heteroatoms. The first-order valence-corrected chi connectivity index (χ1v) is 8.63. The van der Waals surface area contributed by atoms with Crippen LogP contribution in [0.2, 0.25) is 0 Å². The van der Waals surface area contributed by atoms with E-state index in [1.165, 1.54) is 44.1 Å². The second-order valence-electron chi connectivity index (χ2n) is 5.76. The van der Waals surface area contributed by atoms with Gasteiger partial charge in [-0.25, -0.2) is 0 Å². The second-order valence-corrected chi connectivity index (χ2v) is 6.61. The monoisotopic (exact) mass is 339 g/mol. The Labute approximate surface area is 131 Å². The first-order valence-electron chi connectivity index (χ1n) is 7.84. The van der Waals surface area contributed by atoms with Gasteiger partial charge in [0.25, 0.3) is 0 Å². The van der Waals surface area contributed by atoms with Crippen molar-refractivity contribution in [2.45, 2.75) is 57.7 Å². The van der Waals surface area contributed by atoms with Crippen LogP contribution in [0, 0.1) is 0 Å². The molecule has 1 fully saturated rings. The molecule has 2 rings (SSSR count). The zero-order valence-electron chi connectivity index (χ0n) is 12.5. The summed E-state index contributed by atoms with van der Waals surface area (Å²) in [4.78, 5) is 0. The molecular weight excluding hydrogens is 314 g/mol. The Bertz CT molecular complexity index is 400. The Kier molecular flexibility index (Phi) is 6.53. The summed E-state index contributed by atoms with van der Waals surface area (Å²) < 4.78 is 7.57. The summed E-state index contributed by atoms with van der Waals surface area (Å²) in [5.41, 5.74) is 1.27. The third-order valence-electron chi connectivity index (χ3n) is 4.20. The van der Waals surface area contributed by atoms with E-state index in [2.05, 4.69) is 46.4 Å². The molecule has 0 unspecified atom stereocenters. The van der Waals surface area contributed by atoms with Crippen LogP contribution in [-0.4, -0.2) is 18.7 Å². The summed E-state index contributed by atoms with van der Waals surface area (Å²) >= 11 is 3.61. The quantitative estimate of drug-likeness (QED) is 0.760. The lowest BCUT2D eigenvalue weighted by molar-refractivity contribution is -0.0654. The average molecular weight is 340 g/mol. The molecule has 1 aliphatic carbocycles. The molecule has 1 aromatic carbocycles. The lowest BCUT2D eigenvalue weighted by Gasteiger charge is -2.33. The SMILES string of the molecule is CCNCC1(OCc2ccccc2Br)CCCCCC1. The van der Waals surface area contributed by atoms with E-state index in [0.717, 1.165) is 17.6 Å². The van der Waals surface area contributed by atoms with Crippen LogP contribution in [0.15, 0.2) is 28.7 Å². The molecule has 0 radical (unpaired) electrons. The van der Waals surface area contributed by atoms with E-state index < -0.39 is 0 Å². The molecule has 1 aromatic rings. The maximum atomic E-state index is 6.43. The highest BCUT2D eigenvalue weighted by Gasteiger charge is 2.31. The van der Waals surface area contributed by atoms with Crippen molar-refractivity contribution in [1.29, 1.82) is 0 Å². The Balaban J connectivity index is 2.01. The molecule has 0 heterocycles. The molecule has 0 spiro atoms. The maximum absolute atomic E-state index is 6.43. The van der Waals surface area contributed by atoms with Crippen molar-refractivity contribution in [2.24, 2.45) is 0 Å². The lowest BCUT2D eigenvalue weighted by Crippen LogP contribution is -2.42. The molecule has 112 valence electrons. The number of halogens is 1. The molecule has 1 saturated carbocycles. The van der Waals surface area contributed by atoms with E-state index in [1.54, 1.807) is 0 Å². The first-order chi connectivity index (χ1) is 9.76. The average Bonchev–Trinajstić information content (AvgIpc) is 2.71. The number of hydrogen-bond donors (Lipinski definition) is 1. The van der Waals surface area contributed by atoms with Crippen molar-refractivity contribution in [2.75, 3.05) is 13.1 Å². The minimum absolute atomic E-state index is 0.0296. The zero-order valence-corrected chi connectivity index (χ0v) is 14.0. The molecule has 0 saturated heterocycles. The zero-order chi connectivity index (χ0) is 14.3. The van der Waals surface area contributed by atoms with Gasteiger partial charge in [-0.05, 0) is 31.0 Å². The normalized spacial score (nSPS) is 18.7. The number of hydrogen-bond acceptors (Lipinski definition) is 2. The van der Waals surface area contributed by atoms with Crippen LogP contribution in [0.1, 0.15) is 51.0 Å². The Morgan fingerprint density at radius 1 is 1.15 bits per heavy atom. The van der Waals surface area contributed by atoms with Gasteiger partial charge in [0.1, 0.15) is 0 Å². The van der Waals surface area contributed by atoms with Gasteiger partial charge in [-0.2, -0.15) is 0 Å². The van der Waals surface area contributed by atoms with Crippen LogP contribution in [0.25, 0.3) is 0 Å². The van der Waals surface area contributed by atoms with Gasteiger partial charge in [-0.1, -0.05) is 66.7 Å². The van der Waals surface area contributed by atoms with E-state index in [1.807, 2.05) is 6.07 Å². The van der Waals surface area contributed by atoms with Gasteiger partial charge >= 0.3 is 0 Å². The number of ether oxygens (including phenoxy) is 1. The number of rotatable bonds is 6. The fourth-order valence-corrected chi connectivity index (χ4v) is 3.34. The van der Waals surface area contributed by atoms with E-state index >= 15 is 0 Å². The maximum Gasteiger partial charge on any atom is 0.0810 e. The standard InChI is InChI=1S/C17H26BrNO/c1-2-19-14-17(11-7-3-4-8-12-17)20-13-15-9-5-6-10-16(15)18/h5-6,9-10,19H,2-4,7-8,11-14H2,1H3. The first kappa shape index (κ1) is 16.0. The summed E-state index contributed by atoms with van der Waals surface area (Å²) in [6, 6.07) is 8.35. The Morgan fingerprint density at radius 2 is 1.85 bits per heavy atom. The highest BCUT2D eigenvalue weighted by atomic mass is 79.9. The van der Waals surface area contributed by atoms with Gasteiger partial charge in [0, 0.05) is 11.0 Å². The number of benzene rings is 1. The largest absolute Gasteiger partial charge is 0.369 e.